The summed E-state index contributed by atoms with van der Waals surface area (Å²) in [6, 6.07) is 12.9. The predicted molar refractivity (Wildman–Crippen MR) is 106 cm³/mol. The molecule has 27 heavy (non-hydrogen) atoms. The zero-order valence-corrected chi connectivity index (χ0v) is 16.2. The van der Waals surface area contributed by atoms with Crippen molar-refractivity contribution in [3.05, 3.63) is 75.7 Å². The van der Waals surface area contributed by atoms with Gasteiger partial charge in [-0.25, -0.2) is 4.39 Å². The van der Waals surface area contributed by atoms with E-state index in [-0.39, 0.29) is 11.7 Å². The van der Waals surface area contributed by atoms with Crippen molar-refractivity contribution in [2.75, 3.05) is 13.6 Å². The van der Waals surface area contributed by atoms with Crippen LogP contribution in [0.5, 0.6) is 0 Å². The Morgan fingerprint density at radius 1 is 1.11 bits per heavy atom. The smallest absolute Gasteiger partial charge is 0.253 e. The molecule has 0 fully saturated rings. The van der Waals surface area contributed by atoms with Crippen molar-refractivity contribution in [1.29, 1.82) is 0 Å². The first kappa shape index (κ1) is 19.4. The van der Waals surface area contributed by atoms with Gasteiger partial charge in [0.25, 0.3) is 5.91 Å². The molecule has 4 nitrogen and oxygen atoms in total. The monoisotopic (exact) mass is 405 g/mol. The topological polar surface area (TPSA) is 49.0 Å². The number of rotatable bonds is 6. The van der Waals surface area contributed by atoms with Crippen LogP contribution in [-0.2, 0) is 6.42 Å². The highest BCUT2D eigenvalue weighted by Crippen LogP contribution is 2.21. The van der Waals surface area contributed by atoms with E-state index in [1.165, 1.54) is 12.1 Å². The standard InChI is InChI=1S/C20H18Cl2FN3O/c1-26(20(27)14-9-15(21)11-16(22)10-14)8-2-3-18-12-19(25-24-18)13-4-6-17(23)7-5-13/h4-7,9-12H,2-3,8H2,1H3,(H,24,25). The number of nitrogens with one attached hydrogen (secondary N) is 1. The van der Waals surface area contributed by atoms with Crippen LogP contribution in [0.15, 0.2) is 48.5 Å². The fourth-order valence-corrected chi connectivity index (χ4v) is 3.29. The molecule has 2 aromatic carbocycles. The Kier molecular flexibility index (Phi) is 6.14. The molecule has 0 saturated heterocycles. The van der Waals surface area contributed by atoms with Gasteiger partial charge in [0.15, 0.2) is 0 Å². The molecule has 0 saturated carbocycles. The zero-order valence-electron chi connectivity index (χ0n) is 14.7. The average Bonchev–Trinajstić information content (AvgIpc) is 3.09. The highest BCUT2D eigenvalue weighted by atomic mass is 35.5. The Balaban J connectivity index is 1.55. The Labute approximate surface area is 166 Å². The molecule has 3 aromatic rings. The zero-order chi connectivity index (χ0) is 19.4. The Morgan fingerprint density at radius 2 is 1.78 bits per heavy atom. The van der Waals surface area contributed by atoms with Crippen LogP contribution in [0.4, 0.5) is 4.39 Å². The molecular formula is C20H18Cl2FN3O. The van der Waals surface area contributed by atoms with Crippen LogP contribution in [0.2, 0.25) is 10.0 Å². The Bertz CT molecular complexity index is 920. The lowest BCUT2D eigenvalue weighted by molar-refractivity contribution is 0.0793. The fraction of sp³-hybridized carbons (Fsp3) is 0.200. The van der Waals surface area contributed by atoms with E-state index in [0.29, 0.717) is 22.2 Å². The maximum absolute atomic E-state index is 13.0. The second kappa shape index (κ2) is 8.55. The van der Waals surface area contributed by atoms with E-state index < -0.39 is 0 Å². The van der Waals surface area contributed by atoms with E-state index in [0.717, 1.165) is 29.8 Å². The summed E-state index contributed by atoms with van der Waals surface area (Å²) >= 11 is 11.9. The van der Waals surface area contributed by atoms with E-state index >= 15 is 0 Å². The number of aromatic amines is 1. The number of carbonyl (C=O) groups excluding carboxylic acids is 1. The second-order valence-corrected chi connectivity index (χ2v) is 7.15. The molecular weight excluding hydrogens is 388 g/mol. The van der Waals surface area contributed by atoms with Crippen molar-refractivity contribution in [3.63, 3.8) is 0 Å². The number of halogens is 3. The number of aromatic nitrogens is 2. The second-order valence-electron chi connectivity index (χ2n) is 6.27. The Hall–Kier alpha value is -2.37. The van der Waals surface area contributed by atoms with Crippen molar-refractivity contribution in [2.45, 2.75) is 12.8 Å². The minimum Gasteiger partial charge on any atom is -0.342 e. The van der Waals surface area contributed by atoms with Crippen LogP contribution in [0.1, 0.15) is 22.5 Å². The van der Waals surface area contributed by atoms with Gasteiger partial charge in [-0.15, -0.1) is 0 Å². The summed E-state index contributed by atoms with van der Waals surface area (Å²) in [6.45, 7) is 0.577. The molecule has 0 radical (unpaired) electrons. The third-order valence-corrected chi connectivity index (χ3v) is 4.60. The van der Waals surface area contributed by atoms with Gasteiger partial charge in [-0.1, -0.05) is 23.2 Å². The molecule has 0 aliphatic heterocycles. The lowest BCUT2D eigenvalue weighted by Gasteiger charge is -2.17. The molecule has 1 heterocycles. The normalized spacial score (nSPS) is 10.8. The van der Waals surface area contributed by atoms with Crippen LogP contribution in [0.3, 0.4) is 0 Å². The molecule has 0 atom stereocenters. The van der Waals surface area contributed by atoms with Crippen molar-refractivity contribution < 1.29 is 9.18 Å². The average molecular weight is 406 g/mol. The number of aryl methyl sites for hydroxylation is 1. The van der Waals surface area contributed by atoms with E-state index in [4.69, 9.17) is 23.2 Å². The highest BCUT2D eigenvalue weighted by molar-refractivity contribution is 6.35. The summed E-state index contributed by atoms with van der Waals surface area (Å²) in [7, 11) is 1.74. The van der Waals surface area contributed by atoms with Crippen LogP contribution >= 0.6 is 23.2 Å². The summed E-state index contributed by atoms with van der Waals surface area (Å²) in [5, 5.41) is 8.12. The first-order chi connectivity index (χ1) is 12.9. The van der Waals surface area contributed by atoms with Gasteiger partial charge in [-0.3, -0.25) is 9.89 Å². The van der Waals surface area contributed by atoms with Crippen molar-refractivity contribution in [2.24, 2.45) is 0 Å². The first-order valence-electron chi connectivity index (χ1n) is 8.44. The highest BCUT2D eigenvalue weighted by Gasteiger charge is 2.13. The lowest BCUT2D eigenvalue weighted by atomic mass is 10.1. The number of nitrogens with zero attached hydrogens (tertiary/aromatic N) is 2. The largest absolute Gasteiger partial charge is 0.342 e. The third-order valence-electron chi connectivity index (χ3n) is 4.17. The van der Waals surface area contributed by atoms with Crippen LogP contribution in [0.25, 0.3) is 11.3 Å². The summed E-state index contributed by atoms with van der Waals surface area (Å²) in [4.78, 5) is 14.1. The number of benzene rings is 2. The van der Waals surface area contributed by atoms with Crippen molar-refractivity contribution in [3.8, 4) is 11.3 Å². The van der Waals surface area contributed by atoms with Crippen LogP contribution < -0.4 is 0 Å². The fourth-order valence-electron chi connectivity index (χ4n) is 2.76. The van der Waals surface area contributed by atoms with Gasteiger partial charge in [-0.2, -0.15) is 5.10 Å². The molecule has 3 rings (SSSR count). The molecule has 0 bridgehead atoms. The van der Waals surface area contributed by atoms with Gasteiger partial charge in [0.05, 0.1) is 5.69 Å². The molecule has 1 amide bonds. The third kappa shape index (κ3) is 5.08. The number of hydrogen-bond acceptors (Lipinski definition) is 2. The van der Waals surface area contributed by atoms with Crippen LogP contribution in [0, 0.1) is 5.82 Å². The molecule has 140 valence electrons. The number of hydrogen-bond donors (Lipinski definition) is 1. The molecule has 0 unspecified atom stereocenters. The van der Waals surface area contributed by atoms with Gasteiger partial charge >= 0.3 is 0 Å². The molecule has 7 heteroatoms. The molecule has 0 aliphatic rings. The number of amides is 1. The quantitative estimate of drug-likeness (QED) is 0.610. The minimum absolute atomic E-state index is 0.129. The Morgan fingerprint density at radius 3 is 2.44 bits per heavy atom. The van der Waals surface area contributed by atoms with Crippen LogP contribution in [-0.4, -0.2) is 34.6 Å². The maximum atomic E-state index is 13.0. The molecule has 0 spiro atoms. The summed E-state index contributed by atoms with van der Waals surface area (Å²) in [5.41, 5.74) is 3.04. The molecule has 1 aromatic heterocycles. The number of H-pyrrole nitrogens is 1. The number of carbonyl (C=O) groups is 1. The van der Waals surface area contributed by atoms with Gasteiger partial charge < -0.3 is 4.90 Å². The summed E-state index contributed by atoms with van der Waals surface area (Å²) in [6.07, 6.45) is 1.50. The lowest BCUT2D eigenvalue weighted by Crippen LogP contribution is -2.28. The summed E-state index contributed by atoms with van der Waals surface area (Å²) < 4.78 is 13.0. The molecule has 0 aliphatic carbocycles. The van der Waals surface area contributed by atoms with Gasteiger partial charge in [0, 0.05) is 40.5 Å². The summed E-state index contributed by atoms with van der Waals surface area (Å²) in [5.74, 6) is -0.404. The van der Waals surface area contributed by atoms with Gasteiger partial charge in [-0.05, 0) is 61.4 Å². The van der Waals surface area contributed by atoms with Crippen molar-refractivity contribution in [1.82, 2.24) is 15.1 Å². The first-order valence-corrected chi connectivity index (χ1v) is 9.20. The van der Waals surface area contributed by atoms with E-state index in [2.05, 4.69) is 10.2 Å². The SMILES string of the molecule is CN(CCCc1cc(-c2ccc(F)cc2)n[nH]1)C(=O)c1cc(Cl)cc(Cl)c1. The predicted octanol–water partition coefficient (Wildman–Crippen LogP) is 5.23. The van der Waals surface area contributed by atoms with Crippen molar-refractivity contribution >= 4 is 29.1 Å². The maximum Gasteiger partial charge on any atom is 0.253 e. The molecule has 1 N–H and O–H groups in total. The minimum atomic E-state index is -0.275. The van der Waals surface area contributed by atoms with E-state index in [1.54, 1.807) is 42.3 Å². The van der Waals surface area contributed by atoms with Gasteiger partial charge in [0.1, 0.15) is 5.82 Å². The van der Waals surface area contributed by atoms with E-state index in [9.17, 15) is 9.18 Å². The van der Waals surface area contributed by atoms with Gasteiger partial charge in [0.2, 0.25) is 0 Å². The van der Waals surface area contributed by atoms with E-state index in [1.807, 2.05) is 6.07 Å².